The van der Waals surface area contributed by atoms with E-state index in [0.29, 0.717) is 6.42 Å². The maximum absolute atomic E-state index is 12.8. The van der Waals surface area contributed by atoms with E-state index in [-0.39, 0.29) is 4.90 Å². The highest BCUT2D eigenvalue weighted by Gasteiger charge is 2.50. The third-order valence-corrected chi connectivity index (χ3v) is 5.75. The molecular weight excluding hydrogens is 362 g/mol. The second kappa shape index (κ2) is 6.39. The summed E-state index contributed by atoms with van der Waals surface area (Å²) in [7, 11) is -3.72. The van der Waals surface area contributed by atoms with E-state index >= 15 is 0 Å². The van der Waals surface area contributed by atoms with E-state index < -0.39 is 60.6 Å². The molecule has 0 aliphatic heterocycles. The Morgan fingerprint density at radius 1 is 1.27 bits per heavy atom. The quantitative estimate of drug-likeness (QED) is 0.337. The molecule has 2 unspecified atom stereocenters. The zero-order valence-electron chi connectivity index (χ0n) is 14.8. The number of ketones is 3. The van der Waals surface area contributed by atoms with Crippen LogP contribution >= 0.6 is 0 Å². The van der Waals surface area contributed by atoms with E-state index in [1.807, 2.05) is 0 Å². The maximum Gasteiger partial charge on any atom is 0.281 e. The molecule has 1 aliphatic rings. The number of benzene rings is 1. The van der Waals surface area contributed by atoms with E-state index in [2.05, 4.69) is 0 Å². The average Bonchev–Trinajstić information content (AvgIpc) is 2.51. The Labute approximate surface area is 150 Å². The second-order valence-corrected chi connectivity index (χ2v) is 9.28. The fourth-order valence-electron chi connectivity index (χ4n) is 3.28. The van der Waals surface area contributed by atoms with Crippen LogP contribution in [0.25, 0.3) is 0 Å². The molecule has 0 spiro atoms. The van der Waals surface area contributed by atoms with Crippen molar-refractivity contribution < 1.29 is 27.7 Å². The van der Waals surface area contributed by atoms with Crippen LogP contribution in [0, 0.1) is 27.4 Å². The lowest BCUT2D eigenvalue weighted by molar-refractivity contribution is -0.385. The van der Waals surface area contributed by atoms with E-state index in [1.165, 1.54) is 0 Å². The zero-order valence-corrected chi connectivity index (χ0v) is 15.6. The Bertz CT molecular complexity index is 930. The maximum atomic E-state index is 12.8. The van der Waals surface area contributed by atoms with Crippen LogP contribution in [0.15, 0.2) is 23.1 Å². The molecule has 140 valence electrons. The van der Waals surface area contributed by atoms with Crippen molar-refractivity contribution in [2.75, 3.05) is 6.26 Å². The summed E-state index contributed by atoms with van der Waals surface area (Å²) in [5.41, 5.74) is -2.09. The molecule has 2 rings (SSSR count). The van der Waals surface area contributed by atoms with E-state index in [0.717, 1.165) is 24.5 Å². The summed E-state index contributed by atoms with van der Waals surface area (Å²) in [6.45, 7) is 4.86. The molecule has 1 aliphatic carbocycles. The lowest BCUT2D eigenvalue weighted by Gasteiger charge is -2.35. The molecule has 8 nitrogen and oxygen atoms in total. The van der Waals surface area contributed by atoms with Gasteiger partial charge in [-0.15, -0.1) is 0 Å². The smallest absolute Gasteiger partial charge is 0.281 e. The summed E-state index contributed by atoms with van der Waals surface area (Å²) >= 11 is 0. The number of rotatable bonds is 4. The van der Waals surface area contributed by atoms with Crippen LogP contribution in [0.2, 0.25) is 0 Å². The van der Waals surface area contributed by atoms with Gasteiger partial charge in [-0.3, -0.25) is 24.5 Å². The lowest BCUT2D eigenvalue weighted by Crippen LogP contribution is -2.48. The second-order valence-electron chi connectivity index (χ2n) is 7.26. The number of Topliss-reactive ketones (excluding diaryl/α,β-unsaturated/α-hetero) is 3. The summed E-state index contributed by atoms with van der Waals surface area (Å²) in [6.07, 6.45) is 1.18. The fourth-order valence-corrected chi connectivity index (χ4v) is 3.92. The van der Waals surface area contributed by atoms with Crippen molar-refractivity contribution in [2.24, 2.45) is 17.3 Å². The first-order valence-electron chi connectivity index (χ1n) is 7.88. The number of nitrogens with zero attached hydrogens (tertiary/aromatic N) is 1. The fraction of sp³-hybridized carbons (Fsp3) is 0.471. The van der Waals surface area contributed by atoms with Gasteiger partial charge in [-0.05, 0) is 18.6 Å². The van der Waals surface area contributed by atoms with Crippen LogP contribution in [0.5, 0.6) is 0 Å². The van der Waals surface area contributed by atoms with Crippen LogP contribution in [0.1, 0.15) is 37.6 Å². The Hall–Kier alpha value is -2.42. The molecule has 1 saturated carbocycles. The summed E-state index contributed by atoms with van der Waals surface area (Å²) in [6, 6.07) is 2.82. The van der Waals surface area contributed by atoms with Crippen molar-refractivity contribution in [3.8, 4) is 0 Å². The van der Waals surface area contributed by atoms with Gasteiger partial charge < -0.3 is 0 Å². The van der Waals surface area contributed by atoms with Crippen molar-refractivity contribution in [2.45, 2.75) is 32.1 Å². The predicted octanol–water partition coefficient (Wildman–Crippen LogP) is 2.00. The number of hydrogen-bond donors (Lipinski definition) is 0. The first-order valence-corrected chi connectivity index (χ1v) is 9.77. The van der Waals surface area contributed by atoms with Gasteiger partial charge in [0, 0.05) is 23.7 Å². The molecule has 0 saturated heterocycles. The first kappa shape index (κ1) is 19.9. The molecule has 0 aromatic heterocycles. The van der Waals surface area contributed by atoms with Crippen LogP contribution in [0.4, 0.5) is 5.69 Å². The van der Waals surface area contributed by atoms with Crippen LogP contribution in [-0.4, -0.2) is 36.9 Å². The minimum Gasteiger partial charge on any atom is -0.298 e. The average molecular weight is 381 g/mol. The molecule has 0 heterocycles. The molecule has 0 bridgehead atoms. The minimum atomic E-state index is -3.72. The Morgan fingerprint density at radius 3 is 2.35 bits per heavy atom. The van der Waals surface area contributed by atoms with Gasteiger partial charge in [0.2, 0.25) is 0 Å². The third kappa shape index (κ3) is 3.44. The molecule has 26 heavy (non-hydrogen) atoms. The van der Waals surface area contributed by atoms with E-state index in [9.17, 15) is 32.9 Å². The van der Waals surface area contributed by atoms with Gasteiger partial charge in [0.15, 0.2) is 27.2 Å². The molecule has 0 radical (unpaired) electrons. The number of carbonyl (C=O) groups is 3. The number of nitro groups is 1. The monoisotopic (exact) mass is 381 g/mol. The van der Waals surface area contributed by atoms with Gasteiger partial charge in [-0.25, -0.2) is 8.42 Å². The highest BCUT2D eigenvalue weighted by molar-refractivity contribution is 7.90. The molecule has 9 heteroatoms. The summed E-state index contributed by atoms with van der Waals surface area (Å²) in [5, 5.41) is 11.3. The highest BCUT2D eigenvalue weighted by atomic mass is 32.2. The van der Waals surface area contributed by atoms with E-state index in [4.69, 9.17) is 0 Å². The largest absolute Gasteiger partial charge is 0.298 e. The van der Waals surface area contributed by atoms with Gasteiger partial charge >= 0.3 is 0 Å². The molecule has 1 fully saturated rings. The van der Waals surface area contributed by atoms with Crippen molar-refractivity contribution in [3.05, 3.63) is 33.9 Å². The van der Waals surface area contributed by atoms with Crippen LogP contribution in [-0.2, 0) is 19.4 Å². The van der Waals surface area contributed by atoms with Crippen LogP contribution in [0.3, 0.4) is 0 Å². The van der Waals surface area contributed by atoms with Gasteiger partial charge in [0.25, 0.3) is 5.69 Å². The molecular formula is C17H19NO7S. The van der Waals surface area contributed by atoms with Gasteiger partial charge in [-0.2, -0.15) is 0 Å². The zero-order chi connectivity index (χ0) is 20.0. The number of sulfone groups is 1. The Morgan fingerprint density at radius 2 is 1.85 bits per heavy atom. The Kier molecular flexibility index (Phi) is 4.89. The number of nitro benzene ring substituents is 1. The number of hydrogen-bond acceptors (Lipinski definition) is 7. The first-order chi connectivity index (χ1) is 11.8. The predicted molar refractivity (Wildman–Crippen MR) is 91.6 cm³/mol. The van der Waals surface area contributed by atoms with Gasteiger partial charge in [-0.1, -0.05) is 20.8 Å². The number of carbonyl (C=O) groups excluding carboxylic acids is 3. The van der Waals surface area contributed by atoms with Gasteiger partial charge in [0.1, 0.15) is 5.92 Å². The van der Waals surface area contributed by atoms with Crippen molar-refractivity contribution in [1.29, 1.82) is 0 Å². The third-order valence-electron chi connectivity index (χ3n) is 4.64. The molecule has 1 aromatic carbocycles. The Balaban J connectivity index is 2.60. The van der Waals surface area contributed by atoms with Crippen molar-refractivity contribution in [3.63, 3.8) is 0 Å². The molecule has 1 aromatic rings. The summed E-state index contributed by atoms with van der Waals surface area (Å²) < 4.78 is 23.2. The SMILES string of the molecule is CC1CC(C)(C)C(=O)C(C(=O)c2ccc(S(C)(=O)=O)cc2[N+](=O)[O-])C1=O. The van der Waals surface area contributed by atoms with Gasteiger partial charge in [0.05, 0.1) is 15.4 Å². The lowest BCUT2D eigenvalue weighted by atomic mass is 9.64. The minimum absolute atomic E-state index is 0.295. The molecule has 2 atom stereocenters. The van der Waals surface area contributed by atoms with Crippen LogP contribution < -0.4 is 0 Å². The summed E-state index contributed by atoms with van der Waals surface area (Å²) in [4.78, 5) is 48.0. The van der Waals surface area contributed by atoms with Crippen molar-refractivity contribution in [1.82, 2.24) is 0 Å². The normalized spacial score (nSPS) is 22.9. The summed E-state index contributed by atoms with van der Waals surface area (Å²) in [5.74, 6) is -4.26. The standard InChI is InChI=1S/C17H19NO7S/c1-9-8-17(2,3)16(21)13(14(9)19)15(20)11-6-5-10(26(4,24)25)7-12(11)18(22)23/h5-7,9,13H,8H2,1-4H3. The highest BCUT2D eigenvalue weighted by Crippen LogP contribution is 2.39. The molecule has 0 N–H and O–H groups in total. The van der Waals surface area contributed by atoms with Crippen molar-refractivity contribution >= 4 is 32.9 Å². The topological polar surface area (TPSA) is 128 Å². The molecule has 0 amide bonds. The van der Waals surface area contributed by atoms with E-state index in [1.54, 1.807) is 20.8 Å².